The predicted octanol–water partition coefficient (Wildman–Crippen LogP) is 3.39. The van der Waals surface area contributed by atoms with E-state index in [4.69, 9.17) is 9.72 Å². The number of ether oxygens (including phenoxy) is 1. The van der Waals surface area contributed by atoms with Crippen LogP contribution in [0, 0.1) is 0 Å². The molecule has 5 heteroatoms. The van der Waals surface area contributed by atoms with E-state index in [1.54, 1.807) is 12.5 Å². The SMILES string of the molecule is c1ccc(COc2cc(-c3cncnc3)c3c(n2)CCCC3)nc1. The highest BCUT2D eigenvalue weighted by atomic mass is 16.5. The number of pyridine rings is 2. The first kappa shape index (κ1) is 14.8. The van der Waals surface area contributed by atoms with Crippen molar-refractivity contribution in [3.05, 3.63) is 66.1 Å². The average Bonchev–Trinajstić information content (AvgIpc) is 2.67. The number of hydrogen-bond donors (Lipinski definition) is 0. The van der Waals surface area contributed by atoms with Crippen LogP contribution in [0.4, 0.5) is 0 Å². The molecule has 3 heterocycles. The molecule has 0 saturated carbocycles. The number of nitrogens with zero attached hydrogens (tertiary/aromatic N) is 4. The van der Waals surface area contributed by atoms with Crippen LogP contribution in [0.1, 0.15) is 29.8 Å². The minimum Gasteiger partial charge on any atom is -0.471 e. The Kier molecular flexibility index (Phi) is 4.14. The Balaban J connectivity index is 1.68. The first-order chi connectivity index (χ1) is 11.9. The smallest absolute Gasteiger partial charge is 0.214 e. The van der Waals surface area contributed by atoms with Crippen LogP contribution in [-0.4, -0.2) is 19.9 Å². The number of aromatic nitrogens is 4. The maximum atomic E-state index is 5.91. The van der Waals surface area contributed by atoms with Crippen molar-refractivity contribution in [2.24, 2.45) is 0 Å². The minimum atomic E-state index is 0.414. The molecule has 0 radical (unpaired) electrons. The topological polar surface area (TPSA) is 60.8 Å². The largest absolute Gasteiger partial charge is 0.471 e. The highest BCUT2D eigenvalue weighted by molar-refractivity contribution is 5.68. The van der Waals surface area contributed by atoms with E-state index in [0.29, 0.717) is 12.5 Å². The summed E-state index contributed by atoms with van der Waals surface area (Å²) in [6.07, 6.45) is 11.4. The molecule has 4 rings (SSSR count). The predicted molar refractivity (Wildman–Crippen MR) is 90.5 cm³/mol. The number of rotatable bonds is 4. The van der Waals surface area contributed by atoms with E-state index in [9.17, 15) is 0 Å². The minimum absolute atomic E-state index is 0.414. The Morgan fingerprint density at radius 2 is 1.92 bits per heavy atom. The van der Waals surface area contributed by atoms with E-state index in [-0.39, 0.29) is 0 Å². The maximum absolute atomic E-state index is 5.91. The summed E-state index contributed by atoms with van der Waals surface area (Å²) in [5.41, 5.74) is 5.48. The van der Waals surface area contributed by atoms with Crippen LogP contribution in [0.25, 0.3) is 11.1 Å². The third kappa shape index (κ3) is 3.11. The molecule has 0 atom stereocenters. The van der Waals surface area contributed by atoms with E-state index in [0.717, 1.165) is 35.4 Å². The zero-order valence-corrected chi connectivity index (χ0v) is 13.4. The van der Waals surface area contributed by atoms with Gasteiger partial charge in [0.1, 0.15) is 12.9 Å². The van der Waals surface area contributed by atoms with Crippen molar-refractivity contribution in [3.63, 3.8) is 0 Å². The van der Waals surface area contributed by atoms with Crippen molar-refractivity contribution in [1.82, 2.24) is 19.9 Å². The Morgan fingerprint density at radius 1 is 1.04 bits per heavy atom. The van der Waals surface area contributed by atoms with Crippen LogP contribution < -0.4 is 4.74 Å². The van der Waals surface area contributed by atoms with Gasteiger partial charge in [-0.1, -0.05) is 6.07 Å². The van der Waals surface area contributed by atoms with Crippen molar-refractivity contribution < 1.29 is 4.74 Å². The summed E-state index contributed by atoms with van der Waals surface area (Å²) in [5, 5.41) is 0. The molecule has 0 N–H and O–H groups in total. The summed E-state index contributed by atoms with van der Waals surface area (Å²) in [6, 6.07) is 7.81. The Hall–Kier alpha value is -2.82. The normalized spacial score (nSPS) is 13.3. The summed E-state index contributed by atoms with van der Waals surface area (Å²) >= 11 is 0. The molecule has 1 aliphatic rings. The third-order valence-electron chi connectivity index (χ3n) is 4.24. The maximum Gasteiger partial charge on any atom is 0.214 e. The van der Waals surface area contributed by atoms with Crippen LogP contribution in [0.2, 0.25) is 0 Å². The highest BCUT2D eigenvalue weighted by Gasteiger charge is 2.18. The van der Waals surface area contributed by atoms with Gasteiger partial charge in [-0.05, 0) is 48.9 Å². The molecular weight excluding hydrogens is 300 g/mol. The summed E-state index contributed by atoms with van der Waals surface area (Å²) < 4.78 is 5.91. The van der Waals surface area contributed by atoms with Crippen LogP contribution in [0.5, 0.6) is 5.88 Å². The van der Waals surface area contributed by atoms with Crippen molar-refractivity contribution >= 4 is 0 Å². The summed E-state index contributed by atoms with van der Waals surface area (Å²) in [7, 11) is 0. The van der Waals surface area contributed by atoms with Gasteiger partial charge in [-0.15, -0.1) is 0 Å². The van der Waals surface area contributed by atoms with Crippen molar-refractivity contribution in [1.29, 1.82) is 0 Å². The molecule has 0 unspecified atom stereocenters. The molecule has 0 bridgehead atoms. The quantitative estimate of drug-likeness (QED) is 0.738. The highest BCUT2D eigenvalue weighted by Crippen LogP contribution is 2.33. The lowest BCUT2D eigenvalue weighted by atomic mass is 9.90. The lowest BCUT2D eigenvalue weighted by molar-refractivity contribution is 0.288. The molecule has 3 aromatic rings. The van der Waals surface area contributed by atoms with Gasteiger partial charge >= 0.3 is 0 Å². The van der Waals surface area contributed by atoms with Gasteiger partial charge in [0.15, 0.2) is 0 Å². The van der Waals surface area contributed by atoms with E-state index >= 15 is 0 Å². The van der Waals surface area contributed by atoms with E-state index in [2.05, 4.69) is 15.0 Å². The average molecular weight is 318 g/mol. The number of aryl methyl sites for hydroxylation is 1. The van der Waals surface area contributed by atoms with E-state index in [1.165, 1.54) is 18.4 Å². The Bertz CT molecular complexity index is 822. The van der Waals surface area contributed by atoms with Crippen molar-refractivity contribution in [3.8, 4) is 17.0 Å². The molecule has 0 saturated heterocycles. The number of fused-ring (bicyclic) bond motifs is 1. The fourth-order valence-electron chi connectivity index (χ4n) is 3.08. The third-order valence-corrected chi connectivity index (χ3v) is 4.24. The zero-order chi connectivity index (χ0) is 16.2. The summed E-state index contributed by atoms with van der Waals surface area (Å²) in [4.78, 5) is 17.3. The molecule has 0 amide bonds. The first-order valence-corrected chi connectivity index (χ1v) is 8.21. The van der Waals surface area contributed by atoms with Gasteiger partial charge in [0.25, 0.3) is 0 Å². The van der Waals surface area contributed by atoms with Gasteiger partial charge in [0.2, 0.25) is 5.88 Å². The summed E-state index contributed by atoms with van der Waals surface area (Å²) in [6.45, 7) is 0.414. The second-order valence-corrected chi connectivity index (χ2v) is 5.88. The van der Waals surface area contributed by atoms with Gasteiger partial charge in [-0.2, -0.15) is 0 Å². The molecule has 0 aromatic carbocycles. The van der Waals surface area contributed by atoms with Gasteiger partial charge in [-0.25, -0.2) is 15.0 Å². The number of hydrogen-bond acceptors (Lipinski definition) is 5. The monoisotopic (exact) mass is 318 g/mol. The lowest BCUT2D eigenvalue weighted by Crippen LogP contribution is -2.09. The van der Waals surface area contributed by atoms with Gasteiger partial charge in [0, 0.05) is 35.9 Å². The van der Waals surface area contributed by atoms with Crippen LogP contribution in [-0.2, 0) is 19.4 Å². The van der Waals surface area contributed by atoms with Gasteiger partial charge in [-0.3, -0.25) is 4.98 Å². The van der Waals surface area contributed by atoms with E-state index in [1.807, 2.05) is 36.7 Å². The second kappa shape index (κ2) is 6.74. The fourth-order valence-corrected chi connectivity index (χ4v) is 3.08. The standard InChI is InChI=1S/C19H18N4O/c1-2-7-18-16(6-1)17(14-10-20-13-21-11-14)9-19(23-18)24-12-15-5-3-4-8-22-15/h3-5,8-11,13H,1-2,6-7,12H2. The molecule has 3 aromatic heterocycles. The van der Waals surface area contributed by atoms with Crippen LogP contribution in [0.15, 0.2) is 49.2 Å². The fraction of sp³-hybridized carbons (Fsp3) is 0.263. The van der Waals surface area contributed by atoms with Gasteiger partial charge in [0.05, 0.1) is 5.69 Å². The van der Waals surface area contributed by atoms with Gasteiger partial charge < -0.3 is 4.74 Å². The molecule has 0 spiro atoms. The molecule has 24 heavy (non-hydrogen) atoms. The molecule has 1 aliphatic carbocycles. The van der Waals surface area contributed by atoms with Crippen LogP contribution >= 0.6 is 0 Å². The van der Waals surface area contributed by atoms with Crippen molar-refractivity contribution in [2.75, 3.05) is 0 Å². The Morgan fingerprint density at radius 3 is 2.75 bits per heavy atom. The molecule has 120 valence electrons. The zero-order valence-electron chi connectivity index (χ0n) is 13.4. The Labute approximate surface area is 140 Å². The summed E-state index contributed by atoms with van der Waals surface area (Å²) in [5.74, 6) is 0.639. The molecular formula is C19H18N4O. The second-order valence-electron chi connectivity index (χ2n) is 5.88. The van der Waals surface area contributed by atoms with Crippen LogP contribution in [0.3, 0.4) is 0 Å². The van der Waals surface area contributed by atoms with E-state index < -0.39 is 0 Å². The molecule has 0 aliphatic heterocycles. The first-order valence-electron chi connectivity index (χ1n) is 8.21. The van der Waals surface area contributed by atoms with Crippen molar-refractivity contribution in [2.45, 2.75) is 32.3 Å². The molecule has 5 nitrogen and oxygen atoms in total. The lowest BCUT2D eigenvalue weighted by Gasteiger charge is -2.20. The molecule has 0 fully saturated rings.